The maximum atomic E-state index is 11.9. The number of carbonyl (C=O) groups excluding carboxylic acids is 3. The van der Waals surface area contributed by atoms with Crippen LogP contribution in [0.15, 0.2) is 48.5 Å². The van der Waals surface area contributed by atoms with E-state index in [2.05, 4.69) is 10.6 Å². The van der Waals surface area contributed by atoms with E-state index in [9.17, 15) is 14.4 Å². The second kappa shape index (κ2) is 10.7. The Labute approximate surface area is 173 Å². The fraction of sp³-hybridized carbons (Fsp3) is 0.250. The summed E-state index contributed by atoms with van der Waals surface area (Å²) in [6, 6.07) is 13.9. The Hall–Kier alpha value is -2.57. The lowest BCUT2D eigenvalue weighted by atomic mass is 10.1. The predicted octanol–water partition coefficient (Wildman–Crippen LogP) is 4.13. The number of amides is 2. The Balaban J connectivity index is 1.70. The van der Waals surface area contributed by atoms with Crippen molar-refractivity contribution in [3.05, 3.63) is 64.1 Å². The van der Waals surface area contributed by atoms with Crippen molar-refractivity contribution in [3.63, 3.8) is 0 Å². The monoisotopic (exact) mass is 422 g/mol. The summed E-state index contributed by atoms with van der Waals surface area (Å²) in [6.45, 7) is 1.43. The van der Waals surface area contributed by atoms with Gasteiger partial charge < -0.3 is 15.4 Å². The van der Waals surface area contributed by atoms with Crippen LogP contribution in [0.2, 0.25) is 10.0 Å². The minimum Gasteiger partial charge on any atom is -0.456 e. The quantitative estimate of drug-likeness (QED) is 0.626. The molecule has 0 aliphatic carbocycles. The summed E-state index contributed by atoms with van der Waals surface area (Å²) in [5.41, 5.74) is 1.31. The van der Waals surface area contributed by atoms with Gasteiger partial charge in [0.2, 0.25) is 5.91 Å². The molecule has 28 heavy (non-hydrogen) atoms. The summed E-state index contributed by atoms with van der Waals surface area (Å²) in [6.07, 6.45) is -0.269. The van der Waals surface area contributed by atoms with E-state index in [1.165, 1.54) is 6.07 Å². The molecule has 0 spiro atoms. The fourth-order valence-electron chi connectivity index (χ4n) is 2.35. The van der Waals surface area contributed by atoms with Gasteiger partial charge in [-0.2, -0.15) is 0 Å². The molecule has 8 heteroatoms. The third kappa shape index (κ3) is 7.21. The third-order valence-corrected chi connectivity index (χ3v) is 4.36. The first-order chi connectivity index (χ1) is 13.3. The standard InChI is InChI=1S/C20H20Cl2N2O4/c1-13(14-5-3-2-4-6-14)23-19(26)12-28-20(27)10-9-18(25)24-17-11-15(21)7-8-16(17)22/h2-8,11,13H,9-10,12H2,1H3,(H,23,26)(H,24,25)/t13-/m0/s1. The van der Waals surface area contributed by atoms with Crippen LogP contribution in [0, 0.1) is 0 Å². The van der Waals surface area contributed by atoms with Crippen molar-refractivity contribution in [3.8, 4) is 0 Å². The van der Waals surface area contributed by atoms with E-state index in [0.29, 0.717) is 15.7 Å². The highest BCUT2D eigenvalue weighted by Crippen LogP contribution is 2.25. The molecule has 0 heterocycles. The first kappa shape index (κ1) is 21.7. The summed E-state index contributed by atoms with van der Waals surface area (Å²) in [5, 5.41) is 6.07. The van der Waals surface area contributed by atoms with E-state index >= 15 is 0 Å². The topological polar surface area (TPSA) is 84.5 Å². The molecule has 0 saturated heterocycles. The van der Waals surface area contributed by atoms with Crippen LogP contribution in [0.4, 0.5) is 5.69 Å². The molecule has 0 bridgehead atoms. The van der Waals surface area contributed by atoms with E-state index < -0.39 is 24.4 Å². The molecule has 0 aromatic heterocycles. The third-order valence-electron chi connectivity index (χ3n) is 3.80. The number of anilines is 1. The lowest BCUT2D eigenvalue weighted by Crippen LogP contribution is -2.31. The second-order valence-corrected chi connectivity index (χ2v) is 6.88. The number of hydrogen-bond acceptors (Lipinski definition) is 4. The number of benzene rings is 2. The van der Waals surface area contributed by atoms with Crippen molar-refractivity contribution in [2.24, 2.45) is 0 Å². The van der Waals surface area contributed by atoms with E-state index in [4.69, 9.17) is 27.9 Å². The highest BCUT2D eigenvalue weighted by molar-refractivity contribution is 6.35. The minimum absolute atomic E-state index is 0.107. The van der Waals surface area contributed by atoms with Crippen molar-refractivity contribution >= 4 is 46.7 Å². The summed E-state index contributed by atoms with van der Waals surface area (Å²) in [5.74, 6) is -1.47. The van der Waals surface area contributed by atoms with Gasteiger partial charge in [0.05, 0.1) is 23.2 Å². The van der Waals surface area contributed by atoms with Crippen LogP contribution in [0.3, 0.4) is 0 Å². The molecule has 0 radical (unpaired) electrons. The Morgan fingerprint density at radius 1 is 1.00 bits per heavy atom. The number of hydrogen-bond donors (Lipinski definition) is 2. The van der Waals surface area contributed by atoms with Gasteiger partial charge in [0.15, 0.2) is 6.61 Å². The summed E-state index contributed by atoms with van der Waals surface area (Å²) in [4.78, 5) is 35.6. The van der Waals surface area contributed by atoms with Crippen molar-refractivity contribution in [2.45, 2.75) is 25.8 Å². The van der Waals surface area contributed by atoms with E-state index in [-0.39, 0.29) is 18.9 Å². The van der Waals surface area contributed by atoms with Crippen LogP contribution >= 0.6 is 23.2 Å². The first-order valence-electron chi connectivity index (χ1n) is 8.60. The highest BCUT2D eigenvalue weighted by Gasteiger charge is 2.14. The van der Waals surface area contributed by atoms with Gasteiger partial charge in [-0.25, -0.2) is 0 Å². The van der Waals surface area contributed by atoms with Crippen molar-refractivity contribution < 1.29 is 19.1 Å². The number of rotatable bonds is 8. The Morgan fingerprint density at radius 3 is 2.43 bits per heavy atom. The lowest BCUT2D eigenvalue weighted by Gasteiger charge is -2.14. The average Bonchev–Trinajstić information content (AvgIpc) is 2.68. The fourth-order valence-corrected chi connectivity index (χ4v) is 2.68. The van der Waals surface area contributed by atoms with Gasteiger partial charge in [-0.1, -0.05) is 53.5 Å². The maximum Gasteiger partial charge on any atom is 0.306 e. The van der Waals surface area contributed by atoms with Crippen LogP contribution in [0.1, 0.15) is 31.4 Å². The summed E-state index contributed by atoms with van der Waals surface area (Å²) >= 11 is 11.8. The molecule has 0 aliphatic heterocycles. The van der Waals surface area contributed by atoms with E-state index in [1.807, 2.05) is 37.3 Å². The molecular formula is C20H20Cl2N2O4. The zero-order chi connectivity index (χ0) is 20.5. The highest BCUT2D eigenvalue weighted by atomic mass is 35.5. The van der Waals surface area contributed by atoms with Crippen molar-refractivity contribution in [2.75, 3.05) is 11.9 Å². The van der Waals surface area contributed by atoms with Gasteiger partial charge in [0.1, 0.15) is 0 Å². The molecule has 2 aromatic carbocycles. The molecule has 6 nitrogen and oxygen atoms in total. The van der Waals surface area contributed by atoms with Crippen LogP contribution in [0.25, 0.3) is 0 Å². The van der Waals surface area contributed by atoms with E-state index in [0.717, 1.165) is 5.56 Å². The van der Waals surface area contributed by atoms with E-state index in [1.54, 1.807) is 12.1 Å². The molecule has 2 aromatic rings. The van der Waals surface area contributed by atoms with Gasteiger partial charge in [-0.05, 0) is 30.7 Å². The lowest BCUT2D eigenvalue weighted by molar-refractivity contribution is -0.149. The van der Waals surface area contributed by atoms with Crippen LogP contribution < -0.4 is 10.6 Å². The van der Waals surface area contributed by atoms with Crippen LogP contribution in [0.5, 0.6) is 0 Å². The SMILES string of the molecule is C[C@H](NC(=O)COC(=O)CCC(=O)Nc1cc(Cl)ccc1Cl)c1ccccc1. The maximum absolute atomic E-state index is 11.9. The molecule has 0 unspecified atom stereocenters. The molecule has 0 saturated carbocycles. The average molecular weight is 423 g/mol. The Morgan fingerprint density at radius 2 is 1.71 bits per heavy atom. The molecular weight excluding hydrogens is 403 g/mol. The zero-order valence-corrected chi connectivity index (χ0v) is 16.7. The number of nitrogens with one attached hydrogen (secondary N) is 2. The first-order valence-corrected chi connectivity index (χ1v) is 9.35. The van der Waals surface area contributed by atoms with Gasteiger partial charge in [0, 0.05) is 11.4 Å². The van der Waals surface area contributed by atoms with Crippen molar-refractivity contribution in [1.29, 1.82) is 0 Å². The predicted molar refractivity (Wildman–Crippen MR) is 108 cm³/mol. The van der Waals surface area contributed by atoms with Gasteiger partial charge in [-0.15, -0.1) is 0 Å². The second-order valence-electron chi connectivity index (χ2n) is 6.03. The summed E-state index contributed by atoms with van der Waals surface area (Å²) < 4.78 is 4.91. The minimum atomic E-state index is -0.644. The molecule has 2 rings (SSSR count). The largest absolute Gasteiger partial charge is 0.456 e. The number of esters is 1. The van der Waals surface area contributed by atoms with Crippen molar-refractivity contribution in [1.82, 2.24) is 5.32 Å². The number of carbonyl (C=O) groups is 3. The zero-order valence-electron chi connectivity index (χ0n) is 15.2. The molecule has 1 atom stereocenters. The Bertz CT molecular complexity index is 843. The molecule has 2 amide bonds. The van der Waals surface area contributed by atoms with Crippen LogP contribution in [-0.4, -0.2) is 24.4 Å². The van der Waals surface area contributed by atoms with Gasteiger partial charge >= 0.3 is 5.97 Å². The molecule has 148 valence electrons. The molecule has 2 N–H and O–H groups in total. The Kier molecular flexibility index (Phi) is 8.29. The van der Waals surface area contributed by atoms with Gasteiger partial charge in [0.25, 0.3) is 5.91 Å². The summed E-state index contributed by atoms with van der Waals surface area (Å²) in [7, 11) is 0. The smallest absolute Gasteiger partial charge is 0.306 e. The molecule has 0 fully saturated rings. The van der Waals surface area contributed by atoms with Gasteiger partial charge in [-0.3, -0.25) is 14.4 Å². The van der Waals surface area contributed by atoms with Crippen LogP contribution in [-0.2, 0) is 19.1 Å². The number of ether oxygens (including phenoxy) is 1. The molecule has 0 aliphatic rings. The normalized spacial score (nSPS) is 11.4. The number of halogens is 2.